The Balaban J connectivity index is 2.28. The van der Waals surface area contributed by atoms with Crippen LogP contribution in [0, 0.1) is 5.92 Å². The molecule has 0 aromatic rings. The summed E-state index contributed by atoms with van der Waals surface area (Å²) in [7, 11) is 0. The highest BCUT2D eigenvalue weighted by Crippen LogP contribution is 2.17. The van der Waals surface area contributed by atoms with E-state index in [1.165, 1.54) is 0 Å². The van der Waals surface area contributed by atoms with Crippen LogP contribution in [0.4, 0.5) is 0 Å². The van der Waals surface area contributed by atoms with E-state index >= 15 is 0 Å². The number of amides is 1. The number of likely N-dealkylation sites (tertiary alicyclic amines) is 1. The van der Waals surface area contributed by atoms with E-state index in [2.05, 4.69) is 24.2 Å². The van der Waals surface area contributed by atoms with E-state index in [1.54, 1.807) is 6.92 Å². The number of guanidine groups is 1. The van der Waals surface area contributed by atoms with E-state index in [-0.39, 0.29) is 5.91 Å². The van der Waals surface area contributed by atoms with Crippen molar-refractivity contribution in [3.63, 3.8) is 0 Å². The Kier molecular flexibility index (Phi) is 5.95. The summed E-state index contributed by atoms with van der Waals surface area (Å²) < 4.78 is 0. The Hall–Kier alpha value is -1.26. The van der Waals surface area contributed by atoms with Crippen LogP contribution < -0.4 is 11.1 Å². The van der Waals surface area contributed by atoms with Crippen molar-refractivity contribution in [3.8, 4) is 0 Å². The molecule has 0 aromatic heterocycles. The van der Waals surface area contributed by atoms with Crippen molar-refractivity contribution in [2.75, 3.05) is 19.6 Å². The lowest BCUT2D eigenvalue weighted by molar-refractivity contribution is -0.130. The normalized spacial score (nSPS) is 19.7. The van der Waals surface area contributed by atoms with Crippen molar-refractivity contribution >= 4 is 11.9 Å². The molecule has 1 fully saturated rings. The Bertz CT molecular complexity index is 295. The lowest BCUT2D eigenvalue weighted by Gasteiger charge is -2.30. The SMILES string of the molecule is CC[C@@H](C)NC(N)=NCC1CCN(C(C)=O)CC1. The molecule has 1 saturated heterocycles. The van der Waals surface area contributed by atoms with Crippen molar-refractivity contribution in [1.82, 2.24) is 10.2 Å². The van der Waals surface area contributed by atoms with Crippen molar-refractivity contribution in [1.29, 1.82) is 0 Å². The molecule has 1 aliphatic heterocycles. The maximum atomic E-state index is 11.2. The number of nitrogens with zero attached hydrogens (tertiary/aromatic N) is 2. The van der Waals surface area contributed by atoms with Crippen LogP contribution in [0.15, 0.2) is 4.99 Å². The topological polar surface area (TPSA) is 70.7 Å². The minimum atomic E-state index is 0.176. The number of rotatable bonds is 4. The fourth-order valence-electron chi connectivity index (χ4n) is 2.06. The molecular weight excluding hydrogens is 228 g/mol. The van der Waals surface area contributed by atoms with Gasteiger partial charge in [0, 0.05) is 32.6 Å². The number of carbonyl (C=O) groups is 1. The second-order valence-corrected chi connectivity index (χ2v) is 5.13. The lowest BCUT2D eigenvalue weighted by Crippen LogP contribution is -2.40. The second-order valence-electron chi connectivity index (χ2n) is 5.13. The van der Waals surface area contributed by atoms with Crippen LogP contribution in [0.1, 0.15) is 40.0 Å². The lowest BCUT2D eigenvalue weighted by atomic mass is 9.97. The molecule has 1 amide bonds. The summed E-state index contributed by atoms with van der Waals surface area (Å²) in [6, 6.07) is 0.369. The molecule has 0 bridgehead atoms. The zero-order valence-electron chi connectivity index (χ0n) is 11.8. The molecule has 0 saturated carbocycles. The number of hydrogen-bond acceptors (Lipinski definition) is 2. The number of carbonyl (C=O) groups excluding carboxylic acids is 1. The predicted octanol–water partition coefficient (Wildman–Crippen LogP) is 0.948. The zero-order chi connectivity index (χ0) is 13.5. The highest BCUT2D eigenvalue weighted by molar-refractivity contribution is 5.78. The summed E-state index contributed by atoms with van der Waals surface area (Å²) in [5, 5.41) is 3.16. The molecule has 0 unspecified atom stereocenters. The molecule has 0 aliphatic carbocycles. The highest BCUT2D eigenvalue weighted by atomic mass is 16.2. The summed E-state index contributed by atoms with van der Waals surface area (Å²) in [4.78, 5) is 17.5. The Morgan fingerprint density at radius 2 is 2.11 bits per heavy atom. The fourth-order valence-corrected chi connectivity index (χ4v) is 2.06. The Morgan fingerprint density at radius 3 is 2.61 bits per heavy atom. The van der Waals surface area contributed by atoms with Gasteiger partial charge in [-0.1, -0.05) is 6.92 Å². The number of piperidine rings is 1. The summed E-state index contributed by atoms with van der Waals surface area (Å²) in [6.45, 7) is 8.31. The van der Waals surface area contributed by atoms with E-state index in [1.807, 2.05) is 4.90 Å². The van der Waals surface area contributed by atoms with Gasteiger partial charge in [-0.05, 0) is 32.1 Å². The van der Waals surface area contributed by atoms with Gasteiger partial charge < -0.3 is 16.0 Å². The third-order valence-corrected chi connectivity index (χ3v) is 3.59. The van der Waals surface area contributed by atoms with Gasteiger partial charge in [-0.15, -0.1) is 0 Å². The van der Waals surface area contributed by atoms with Gasteiger partial charge in [0.05, 0.1) is 0 Å². The molecule has 5 heteroatoms. The first-order chi connectivity index (χ1) is 8.52. The third kappa shape index (κ3) is 4.94. The summed E-state index contributed by atoms with van der Waals surface area (Å²) >= 11 is 0. The second kappa shape index (κ2) is 7.24. The van der Waals surface area contributed by atoms with Gasteiger partial charge in [-0.3, -0.25) is 9.79 Å². The molecule has 1 rings (SSSR count). The smallest absolute Gasteiger partial charge is 0.219 e. The van der Waals surface area contributed by atoms with Gasteiger partial charge in [0.25, 0.3) is 0 Å². The Morgan fingerprint density at radius 1 is 1.50 bits per heavy atom. The van der Waals surface area contributed by atoms with Crippen LogP contribution in [0.25, 0.3) is 0 Å². The zero-order valence-corrected chi connectivity index (χ0v) is 11.8. The predicted molar refractivity (Wildman–Crippen MR) is 74.4 cm³/mol. The van der Waals surface area contributed by atoms with Crippen LogP contribution in [0.5, 0.6) is 0 Å². The minimum absolute atomic E-state index is 0.176. The Labute approximate surface area is 110 Å². The molecule has 5 nitrogen and oxygen atoms in total. The molecule has 0 aromatic carbocycles. The van der Waals surface area contributed by atoms with Crippen LogP contribution in [0.2, 0.25) is 0 Å². The van der Waals surface area contributed by atoms with Crippen LogP contribution in [0.3, 0.4) is 0 Å². The number of hydrogen-bond donors (Lipinski definition) is 2. The van der Waals surface area contributed by atoms with Crippen LogP contribution in [-0.2, 0) is 4.79 Å². The van der Waals surface area contributed by atoms with Gasteiger partial charge in [0.1, 0.15) is 0 Å². The third-order valence-electron chi connectivity index (χ3n) is 3.59. The average molecular weight is 254 g/mol. The molecule has 1 aliphatic rings. The van der Waals surface area contributed by atoms with E-state index in [0.29, 0.717) is 17.9 Å². The van der Waals surface area contributed by atoms with Gasteiger partial charge >= 0.3 is 0 Å². The fraction of sp³-hybridized carbons (Fsp3) is 0.846. The van der Waals surface area contributed by atoms with E-state index < -0.39 is 0 Å². The molecule has 1 heterocycles. The standard InChI is InChI=1S/C13H26N4O/c1-4-10(2)16-13(14)15-9-12-5-7-17(8-6-12)11(3)18/h10,12H,4-9H2,1-3H3,(H3,14,15,16)/t10-/m1/s1. The summed E-state index contributed by atoms with van der Waals surface area (Å²) in [5.41, 5.74) is 5.82. The van der Waals surface area contributed by atoms with Crippen LogP contribution in [-0.4, -0.2) is 42.4 Å². The van der Waals surface area contributed by atoms with E-state index in [4.69, 9.17) is 5.73 Å². The molecule has 1 atom stereocenters. The number of aliphatic imine (C=N–C) groups is 1. The van der Waals surface area contributed by atoms with Gasteiger partial charge in [-0.25, -0.2) is 0 Å². The first-order valence-electron chi connectivity index (χ1n) is 6.84. The largest absolute Gasteiger partial charge is 0.370 e. The summed E-state index contributed by atoms with van der Waals surface area (Å²) in [6.07, 6.45) is 3.09. The van der Waals surface area contributed by atoms with Crippen molar-refractivity contribution < 1.29 is 4.79 Å². The molecule has 18 heavy (non-hydrogen) atoms. The van der Waals surface area contributed by atoms with Crippen molar-refractivity contribution in [2.45, 2.75) is 46.1 Å². The van der Waals surface area contributed by atoms with Crippen molar-refractivity contribution in [3.05, 3.63) is 0 Å². The summed E-state index contributed by atoms with van der Waals surface area (Å²) in [5.74, 6) is 1.27. The quantitative estimate of drug-likeness (QED) is 0.579. The molecular formula is C13H26N4O. The maximum Gasteiger partial charge on any atom is 0.219 e. The van der Waals surface area contributed by atoms with Gasteiger partial charge in [0.15, 0.2) is 5.96 Å². The monoisotopic (exact) mass is 254 g/mol. The molecule has 3 N–H and O–H groups in total. The van der Waals surface area contributed by atoms with Gasteiger partial charge in [0.2, 0.25) is 5.91 Å². The molecule has 104 valence electrons. The minimum Gasteiger partial charge on any atom is -0.370 e. The van der Waals surface area contributed by atoms with Gasteiger partial charge in [-0.2, -0.15) is 0 Å². The first-order valence-corrected chi connectivity index (χ1v) is 6.84. The molecule has 0 radical (unpaired) electrons. The van der Waals surface area contributed by atoms with E-state index in [0.717, 1.165) is 38.9 Å². The van der Waals surface area contributed by atoms with Crippen LogP contribution >= 0.6 is 0 Å². The van der Waals surface area contributed by atoms with E-state index in [9.17, 15) is 4.79 Å². The highest BCUT2D eigenvalue weighted by Gasteiger charge is 2.20. The average Bonchev–Trinajstić information content (AvgIpc) is 2.36. The first kappa shape index (κ1) is 14.8. The molecule has 0 spiro atoms. The number of nitrogens with two attached hydrogens (primary N) is 1. The number of nitrogens with one attached hydrogen (secondary N) is 1. The maximum absolute atomic E-state index is 11.2. The van der Waals surface area contributed by atoms with Crippen molar-refractivity contribution in [2.24, 2.45) is 16.6 Å².